The van der Waals surface area contributed by atoms with Gasteiger partial charge in [-0.1, -0.05) is 41.4 Å². The van der Waals surface area contributed by atoms with Crippen LogP contribution in [0.1, 0.15) is 11.1 Å². The van der Waals surface area contributed by atoms with Gasteiger partial charge < -0.3 is 9.47 Å². The van der Waals surface area contributed by atoms with Crippen LogP contribution in [0, 0.1) is 13.8 Å². The summed E-state index contributed by atoms with van der Waals surface area (Å²) in [6.45, 7) is 3.85. The third kappa shape index (κ3) is 3.66. The number of halogens is 2. The van der Waals surface area contributed by atoms with Gasteiger partial charge in [-0.25, -0.2) is 0 Å². The molecule has 0 aromatic heterocycles. The molecule has 0 heterocycles. The van der Waals surface area contributed by atoms with Crippen LogP contribution in [0.3, 0.4) is 0 Å². The van der Waals surface area contributed by atoms with Crippen molar-refractivity contribution in [2.24, 2.45) is 0 Å². The second-order valence-corrected chi connectivity index (χ2v) is 6.22. The zero-order valence-corrected chi connectivity index (χ0v) is 14.9. The highest BCUT2D eigenvalue weighted by Crippen LogP contribution is 2.34. The van der Waals surface area contributed by atoms with E-state index in [1.165, 1.54) is 0 Å². The van der Waals surface area contributed by atoms with Crippen LogP contribution < -0.4 is 9.47 Å². The molecule has 122 valence electrons. The molecule has 0 saturated carbocycles. The molecule has 0 aliphatic rings. The molecular formula is C20H16Cl2O2. The van der Waals surface area contributed by atoms with E-state index in [0.717, 1.165) is 22.6 Å². The smallest absolute Gasteiger partial charge is 0.131 e. The van der Waals surface area contributed by atoms with Crippen LogP contribution in [0.15, 0.2) is 60.7 Å². The molecule has 0 N–H and O–H groups in total. The second kappa shape index (κ2) is 7.16. The van der Waals surface area contributed by atoms with Crippen LogP contribution in [-0.2, 0) is 0 Å². The van der Waals surface area contributed by atoms with E-state index in [1.807, 2.05) is 74.5 Å². The predicted octanol–water partition coefficient (Wildman–Crippen LogP) is 7.19. The first-order chi connectivity index (χ1) is 11.5. The van der Waals surface area contributed by atoms with E-state index in [9.17, 15) is 0 Å². The Bertz CT molecular complexity index is 807. The normalized spacial score (nSPS) is 10.5. The molecule has 3 aromatic rings. The number of ether oxygens (including phenoxy) is 2. The molecule has 3 aromatic carbocycles. The van der Waals surface area contributed by atoms with Crippen LogP contribution in [0.25, 0.3) is 0 Å². The molecule has 0 aliphatic carbocycles. The lowest BCUT2D eigenvalue weighted by Gasteiger charge is -2.12. The molecule has 0 aliphatic heterocycles. The van der Waals surface area contributed by atoms with E-state index in [1.54, 1.807) is 0 Å². The van der Waals surface area contributed by atoms with Crippen LogP contribution >= 0.6 is 23.2 Å². The van der Waals surface area contributed by atoms with Gasteiger partial charge in [0, 0.05) is 27.2 Å². The lowest BCUT2D eigenvalue weighted by atomic mass is 10.2. The van der Waals surface area contributed by atoms with Crippen molar-refractivity contribution in [2.75, 3.05) is 0 Å². The molecule has 0 atom stereocenters. The molecule has 3 rings (SSSR count). The first-order valence-electron chi connectivity index (χ1n) is 7.50. The highest BCUT2D eigenvalue weighted by atomic mass is 35.5. The van der Waals surface area contributed by atoms with Crippen molar-refractivity contribution in [1.29, 1.82) is 0 Å². The summed E-state index contributed by atoms with van der Waals surface area (Å²) in [6.07, 6.45) is 0. The summed E-state index contributed by atoms with van der Waals surface area (Å²) < 4.78 is 11.9. The van der Waals surface area contributed by atoms with Gasteiger partial charge in [-0.05, 0) is 50.2 Å². The van der Waals surface area contributed by atoms with Gasteiger partial charge in [0.2, 0.25) is 0 Å². The van der Waals surface area contributed by atoms with E-state index in [-0.39, 0.29) is 0 Å². The highest BCUT2D eigenvalue weighted by Gasteiger charge is 2.08. The molecule has 24 heavy (non-hydrogen) atoms. The van der Waals surface area contributed by atoms with Gasteiger partial charge in [0.1, 0.15) is 23.0 Å². The summed E-state index contributed by atoms with van der Waals surface area (Å²) in [5.74, 6) is 2.80. The monoisotopic (exact) mass is 358 g/mol. The van der Waals surface area contributed by atoms with Crippen LogP contribution in [0.2, 0.25) is 10.0 Å². The van der Waals surface area contributed by atoms with Crippen LogP contribution in [0.4, 0.5) is 0 Å². The van der Waals surface area contributed by atoms with E-state index in [0.29, 0.717) is 21.5 Å². The van der Waals surface area contributed by atoms with Crippen molar-refractivity contribution >= 4 is 23.2 Å². The SMILES string of the molecule is Cc1c(Cl)cccc1Oc1cccc(Oc2cccc(Cl)c2C)c1. The topological polar surface area (TPSA) is 18.5 Å². The standard InChI is InChI=1S/C20H16Cl2O2/c1-13-17(21)8-4-10-19(13)23-15-6-3-7-16(12-15)24-20-11-5-9-18(22)14(20)2/h3-12H,1-2H3. The molecule has 4 heteroatoms. The third-order valence-corrected chi connectivity index (χ3v) is 4.52. The fraction of sp³-hybridized carbons (Fsp3) is 0.100. The number of benzene rings is 3. The van der Waals surface area contributed by atoms with E-state index in [4.69, 9.17) is 32.7 Å². The zero-order valence-electron chi connectivity index (χ0n) is 13.3. The Morgan fingerprint density at radius 1 is 0.625 bits per heavy atom. The average molecular weight is 359 g/mol. The summed E-state index contributed by atoms with van der Waals surface area (Å²) in [7, 11) is 0. The van der Waals surface area contributed by atoms with Crippen molar-refractivity contribution in [3.05, 3.63) is 81.8 Å². The first kappa shape index (κ1) is 16.7. The number of hydrogen-bond acceptors (Lipinski definition) is 2. The molecular weight excluding hydrogens is 343 g/mol. The summed E-state index contributed by atoms with van der Waals surface area (Å²) in [5.41, 5.74) is 1.80. The first-order valence-corrected chi connectivity index (χ1v) is 8.26. The molecule has 0 saturated heterocycles. The maximum absolute atomic E-state index is 6.13. The van der Waals surface area contributed by atoms with E-state index >= 15 is 0 Å². The predicted molar refractivity (Wildman–Crippen MR) is 99.0 cm³/mol. The molecule has 0 unspecified atom stereocenters. The molecule has 0 radical (unpaired) electrons. The van der Waals surface area contributed by atoms with Crippen molar-refractivity contribution in [3.63, 3.8) is 0 Å². The maximum atomic E-state index is 6.13. The van der Waals surface area contributed by atoms with Crippen molar-refractivity contribution < 1.29 is 9.47 Å². The fourth-order valence-electron chi connectivity index (χ4n) is 2.25. The van der Waals surface area contributed by atoms with Gasteiger partial charge in [-0.2, -0.15) is 0 Å². The molecule has 0 fully saturated rings. The maximum Gasteiger partial charge on any atom is 0.131 e. The summed E-state index contributed by atoms with van der Waals surface area (Å²) >= 11 is 12.3. The molecule has 2 nitrogen and oxygen atoms in total. The van der Waals surface area contributed by atoms with Crippen molar-refractivity contribution in [2.45, 2.75) is 13.8 Å². The largest absolute Gasteiger partial charge is 0.457 e. The van der Waals surface area contributed by atoms with Gasteiger partial charge in [0.25, 0.3) is 0 Å². The van der Waals surface area contributed by atoms with Gasteiger partial charge in [-0.15, -0.1) is 0 Å². The minimum atomic E-state index is 0.675. The van der Waals surface area contributed by atoms with Crippen LogP contribution in [-0.4, -0.2) is 0 Å². The van der Waals surface area contributed by atoms with Crippen LogP contribution in [0.5, 0.6) is 23.0 Å². The lowest BCUT2D eigenvalue weighted by Crippen LogP contribution is -1.91. The zero-order chi connectivity index (χ0) is 17.1. The molecule has 0 spiro atoms. The fourth-order valence-corrected chi connectivity index (χ4v) is 2.58. The van der Waals surface area contributed by atoms with Gasteiger partial charge >= 0.3 is 0 Å². The van der Waals surface area contributed by atoms with Gasteiger partial charge in [-0.3, -0.25) is 0 Å². The summed E-state index contributed by atoms with van der Waals surface area (Å²) in [4.78, 5) is 0. The minimum absolute atomic E-state index is 0.675. The van der Waals surface area contributed by atoms with Gasteiger partial charge in [0.05, 0.1) is 0 Å². The Kier molecular flexibility index (Phi) is 4.98. The summed E-state index contributed by atoms with van der Waals surface area (Å²) in [6, 6.07) is 18.6. The van der Waals surface area contributed by atoms with Crippen molar-refractivity contribution in [1.82, 2.24) is 0 Å². The Hall–Kier alpha value is -2.16. The highest BCUT2D eigenvalue weighted by molar-refractivity contribution is 6.31. The second-order valence-electron chi connectivity index (χ2n) is 5.40. The third-order valence-electron chi connectivity index (χ3n) is 3.70. The molecule has 0 amide bonds. The Morgan fingerprint density at radius 2 is 1.04 bits per heavy atom. The average Bonchev–Trinajstić information content (AvgIpc) is 2.57. The van der Waals surface area contributed by atoms with E-state index < -0.39 is 0 Å². The Labute approximate surface area is 151 Å². The minimum Gasteiger partial charge on any atom is -0.457 e. The van der Waals surface area contributed by atoms with Crippen molar-refractivity contribution in [3.8, 4) is 23.0 Å². The van der Waals surface area contributed by atoms with Gasteiger partial charge in [0.15, 0.2) is 0 Å². The molecule has 0 bridgehead atoms. The number of hydrogen-bond donors (Lipinski definition) is 0. The quantitative estimate of drug-likeness (QED) is 0.491. The number of rotatable bonds is 4. The Balaban J connectivity index is 1.84. The van der Waals surface area contributed by atoms with E-state index in [2.05, 4.69) is 0 Å². The summed E-state index contributed by atoms with van der Waals surface area (Å²) in [5, 5.41) is 1.35. The Morgan fingerprint density at radius 3 is 1.50 bits per heavy atom. The lowest BCUT2D eigenvalue weighted by molar-refractivity contribution is 0.457.